The van der Waals surface area contributed by atoms with Gasteiger partial charge in [-0.2, -0.15) is 0 Å². The number of aromatic nitrogens is 1. The van der Waals surface area contributed by atoms with E-state index in [4.69, 9.17) is 33.8 Å². The number of carbonyl (C=O) groups is 5. The highest BCUT2D eigenvalue weighted by Crippen LogP contribution is 2.19. The first-order chi connectivity index (χ1) is 21.8. The molecule has 0 spiro atoms. The van der Waals surface area contributed by atoms with Gasteiger partial charge in [0.2, 0.25) is 17.7 Å². The van der Waals surface area contributed by atoms with E-state index in [1.807, 2.05) is 24.3 Å². The Balaban J connectivity index is 2.30. The second-order valence-corrected chi connectivity index (χ2v) is 10.5. The molecular formula is C28H43N11O7. The largest absolute Gasteiger partial charge is 0.481 e. The van der Waals surface area contributed by atoms with E-state index in [9.17, 15) is 29.1 Å². The van der Waals surface area contributed by atoms with Gasteiger partial charge in [-0.05, 0) is 43.7 Å². The number of para-hydroxylation sites is 1. The molecule has 0 aliphatic carbocycles. The van der Waals surface area contributed by atoms with Gasteiger partial charge in [-0.25, -0.2) is 4.79 Å². The molecule has 46 heavy (non-hydrogen) atoms. The first-order valence-corrected chi connectivity index (χ1v) is 14.6. The number of rotatable bonds is 20. The fraction of sp³-hybridized carbons (Fsp3) is 0.464. The van der Waals surface area contributed by atoms with Crippen LogP contribution >= 0.6 is 0 Å². The van der Waals surface area contributed by atoms with Gasteiger partial charge in [0.1, 0.15) is 18.1 Å². The van der Waals surface area contributed by atoms with E-state index in [2.05, 4.69) is 30.9 Å². The number of aromatic amines is 1. The van der Waals surface area contributed by atoms with Crippen LogP contribution in [-0.4, -0.2) is 94.0 Å². The Kier molecular flexibility index (Phi) is 14.7. The van der Waals surface area contributed by atoms with Crippen LogP contribution in [0.1, 0.15) is 44.1 Å². The molecule has 18 nitrogen and oxygen atoms in total. The number of H-pyrrole nitrogens is 1. The van der Waals surface area contributed by atoms with Gasteiger partial charge in [-0.3, -0.25) is 29.2 Å². The van der Waals surface area contributed by atoms with Crippen molar-refractivity contribution >= 4 is 52.5 Å². The Bertz CT molecular complexity index is 1420. The van der Waals surface area contributed by atoms with Crippen molar-refractivity contribution < 1.29 is 34.2 Å². The highest BCUT2D eigenvalue weighted by molar-refractivity contribution is 5.95. The number of aliphatic carboxylic acids is 2. The number of benzene rings is 1. The third kappa shape index (κ3) is 12.7. The van der Waals surface area contributed by atoms with Crippen LogP contribution in [0, 0.1) is 0 Å². The molecule has 1 aromatic heterocycles. The monoisotopic (exact) mass is 645 g/mol. The summed E-state index contributed by atoms with van der Waals surface area (Å²) < 4.78 is 0. The lowest BCUT2D eigenvalue weighted by atomic mass is 10.0. The Morgan fingerprint density at radius 3 is 1.89 bits per heavy atom. The number of nitrogens with two attached hydrogens (primary N) is 5. The molecule has 0 radical (unpaired) electrons. The van der Waals surface area contributed by atoms with Gasteiger partial charge in [-0.15, -0.1) is 0 Å². The number of hydrogen-bond donors (Lipinski definition) is 11. The molecule has 0 fully saturated rings. The van der Waals surface area contributed by atoms with Crippen molar-refractivity contribution in [1.29, 1.82) is 0 Å². The van der Waals surface area contributed by atoms with Gasteiger partial charge in [-0.1, -0.05) is 18.2 Å². The standard InChI is InChI=1S/C28H43N11O7/c29-17(9-10-22(40)41)23(42)39-21(13-15-14-36-18-6-2-1-5-16(15)18)25(44)37-19(7-3-11-34-27(30)31)24(43)38-20(26(45)46)8-4-12-35-28(32)33/h1-2,5-6,14,17,19-21,36H,3-4,7-13,29H2,(H,37,44)(H,38,43)(H,39,42)(H,40,41)(H,45,46)(H4,30,31,34)(H4,32,33,35). The quantitative estimate of drug-likeness (QED) is 0.0406. The van der Waals surface area contributed by atoms with Crippen LogP contribution < -0.4 is 44.6 Å². The van der Waals surface area contributed by atoms with Gasteiger partial charge >= 0.3 is 11.9 Å². The molecule has 0 bridgehead atoms. The second-order valence-electron chi connectivity index (χ2n) is 10.5. The van der Waals surface area contributed by atoms with Crippen LogP contribution in [0.2, 0.25) is 0 Å². The van der Waals surface area contributed by atoms with E-state index in [0.717, 1.165) is 10.9 Å². The summed E-state index contributed by atoms with van der Waals surface area (Å²) >= 11 is 0. The zero-order chi connectivity index (χ0) is 34.2. The Morgan fingerprint density at radius 2 is 1.30 bits per heavy atom. The average molecular weight is 646 g/mol. The topological polar surface area (TPSA) is 333 Å². The zero-order valence-corrected chi connectivity index (χ0v) is 25.3. The van der Waals surface area contributed by atoms with E-state index in [1.54, 1.807) is 6.20 Å². The minimum Gasteiger partial charge on any atom is -0.481 e. The molecule has 16 N–H and O–H groups in total. The Hall–Kier alpha value is -5.39. The molecule has 18 heteroatoms. The van der Waals surface area contributed by atoms with Crippen molar-refractivity contribution in [2.24, 2.45) is 38.7 Å². The fourth-order valence-electron chi connectivity index (χ4n) is 4.50. The molecule has 3 amide bonds. The maximum atomic E-state index is 13.7. The van der Waals surface area contributed by atoms with Crippen LogP contribution in [0.3, 0.4) is 0 Å². The average Bonchev–Trinajstić information content (AvgIpc) is 3.40. The van der Waals surface area contributed by atoms with Crippen molar-refractivity contribution in [3.05, 3.63) is 36.0 Å². The molecule has 2 rings (SSSR count). The van der Waals surface area contributed by atoms with Crippen LogP contribution in [0.4, 0.5) is 0 Å². The minimum absolute atomic E-state index is 0.00000243. The molecule has 0 aliphatic heterocycles. The first kappa shape index (κ1) is 36.8. The SMILES string of the molecule is NC(N)=NCCCC(NC(=O)C(CCCN=C(N)N)NC(=O)C(Cc1c[nH]c2ccccc12)NC(=O)C(N)CCC(=O)O)C(=O)O. The Morgan fingerprint density at radius 1 is 0.761 bits per heavy atom. The predicted molar refractivity (Wildman–Crippen MR) is 170 cm³/mol. The Labute approximate surface area is 264 Å². The normalized spacial score (nSPS) is 13.4. The van der Waals surface area contributed by atoms with Crippen LogP contribution in [0.25, 0.3) is 10.9 Å². The highest BCUT2D eigenvalue weighted by atomic mass is 16.4. The molecular weight excluding hydrogens is 602 g/mol. The molecule has 1 aromatic carbocycles. The van der Waals surface area contributed by atoms with Gasteiger partial charge in [0.25, 0.3) is 0 Å². The number of carboxylic acids is 2. The van der Waals surface area contributed by atoms with Crippen molar-refractivity contribution in [1.82, 2.24) is 20.9 Å². The summed E-state index contributed by atoms with van der Waals surface area (Å²) in [6.07, 6.45) is 1.63. The van der Waals surface area contributed by atoms with Crippen molar-refractivity contribution in [2.45, 2.75) is 69.1 Å². The lowest BCUT2D eigenvalue weighted by molar-refractivity contribution is -0.142. The van der Waals surface area contributed by atoms with E-state index >= 15 is 0 Å². The van der Waals surface area contributed by atoms with Crippen molar-refractivity contribution in [3.8, 4) is 0 Å². The third-order valence-electron chi connectivity index (χ3n) is 6.88. The summed E-state index contributed by atoms with van der Waals surface area (Å²) in [4.78, 5) is 73.6. The van der Waals surface area contributed by atoms with Crippen molar-refractivity contribution in [3.63, 3.8) is 0 Å². The number of guanidine groups is 2. The van der Waals surface area contributed by atoms with Gasteiger partial charge in [0.05, 0.1) is 6.04 Å². The summed E-state index contributed by atoms with van der Waals surface area (Å²) in [6, 6.07) is 2.28. The number of amides is 3. The number of nitrogens with one attached hydrogen (secondary N) is 4. The highest BCUT2D eigenvalue weighted by Gasteiger charge is 2.31. The molecule has 0 saturated carbocycles. The van der Waals surface area contributed by atoms with Gasteiger partial charge in [0, 0.05) is 43.0 Å². The summed E-state index contributed by atoms with van der Waals surface area (Å²) in [5.41, 5.74) is 28.7. The molecule has 4 atom stereocenters. The number of fused-ring (bicyclic) bond motifs is 1. The lowest BCUT2D eigenvalue weighted by Gasteiger charge is -2.25. The van der Waals surface area contributed by atoms with E-state index in [1.165, 1.54) is 0 Å². The van der Waals surface area contributed by atoms with E-state index in [0.29, 0.717) is 5.56 Å². The van der Waals surface area contributed by atoms with Gasteiger partial charge in [0.15, 0.2) is 11.9 Å². The first-order valence-electron chi connectivity index (χ1n) is 14.6. The van der Waals surface area contributed by atoms with E-state index < -0.39 is 53.8 Å². The third-order valence-corrected chi connectivity index (χ3v) is 6.88. The van der Waals surface area contributed by atoms with Crippen LogP contribution in [0.5, 0.6) is 0 Å². The smallest absolute Gasteiger partial charge is 0.326 e. The van der Waals surface area contributed by atoms with Crippen LogP contribution in [0.15, 0.2) is 40.4 Å². The van der Waals surface area contributed by atoms with Crippen molar-refractivity contribution in [2.75, 3.05) is 13.1 Å². The minimum atomic E-state index is -1.31. The maximum absolute atomic E-state index is 13.7. The predicted octanol–water partition coefficient (Wildman–Crippen LogP) is -2.45. The summed E-state index contributed by atoms with van der Waals surface area (Å²) in [7, 11) is 0. The zero-order valence-electron chi connectivity index (χ0n) is 25.3. The summed E-state index contributed by atoms with van der Waals surface area (Å²) in [6.45, 7) is 0.265. The maximum Gasteiger partial charge on any atom is 0.326 e. The molecule has 0 saturated heterocycles. The lowest BCUT2D eigenvalue weighted by Crippen LogP contribution is -2.57. The van der Waals surface area contributed by atoms with E-state index in [-0.39, 0.29) is 70.0 Å². The summed E-state index contributed by atoms with van der Waals surface area (Å²) in [5, 5.41) is 27.1. The molecule has 2 aromatic rings. The molecule has 0 aliphatic rings. The van der Waals surface area contributed by atoms with Gasteiger partial charge < -0.3 is 59.8 Å². The summed E-state index contributed by atoms with van der Waals surface area (Å²) in [5.74, 6) is -5.07. The second kappa shape index (κ2) is 18.4. The number of nitrogens with zero attached hydrogens (tertiary/aromatic N) is 2. The number of carboxylic acid groups (broad SMARTS) is 2. The molecule has 4 unspecified atom stereocenters. The van der Waals surface area contributed by atoms with Crippen LogP contribution in [-0.2, 0) is 30.4 Å². The molecule has 252 valence electrons. The molecule has 1 heterocycles. The number of hydrogen-bond acceptors (Lipinski definition) is 8. The number of carbonyl (C=O) groups excluding carboxylic acids is 3. The fourth-order valence-corrected chi connectivity index (χ4v) is 4.50. The number of aliphatic imine (C=N–C) groups is 2.